The molecule has 0 aromatic heterocycles. The minimum Gasteiger partial charge on any atom is -0.317 e. The van der Waals surface area contributed by atoms with Gasteiger partial charge in [-0.15, -0.1) is 0 Å². The van der Waals surface area contributed by atoms with Crippen molar-refractivity contribution in [3.05, 3.63) is 0 Å². The van der Waals surface area contributed by atoms with Crippen LogP contribution in [0, 0.1) is 5.92 Å². The van der Waals surface area contributed by atoms with E-state index in [0.29, 0.717) is 12.0 Å². The van der Waals surface area contributed by atoms with Gasteiger partial charge in [-0.1, -0.05) is 0 Å². The first-order valence-electron chi connectivity index (χ1n) is 2.99. The van der Waals surface area contributed by atoms with E-state index in [0.717, 1.165) is 19.1 Å². The molecule has 0 atom stereocenters. The van der Waals surface area contributed by atoms with Crippen LogP contribution in [0.25, 0.3) is 0 Å². The maximum Gasteiger partial charge on any atom is 0.123 e. The molecule has 0 aromatic rings. The summed E-state index contributed by atoms with van der Waals surface area (Å²) in [5.41, 5.74) is 0. The third kappa shape index (κ3) is 0.892. The molecular formula is C6H11NO. The van der Waals surface area contributed by atoms with Crippen molar-refractivity contribution in [2.45, 2.75) is 18.9 Å². The Bertz CT molecular complexity index is 86.5. The molecule has 1 saturated carbocycles. The standard InChI is InChI=1S/C6H11NO/c1-7-6-2-5(3-6)4-8/h4-7H,2-3H2,1H3. The highest BCUT2D eigenvalue weighted by molar-refractivity contribution is 5.55. The molecule has 0 aliphatic heterocycles. The molecule has 0 saturated heterocycles. The van der Waals surface area contributed by atoms with Gasteiger partial charge in [-0.05, 0) is 19.9 Å². The summed E-state index contributed by atoms with van der Waals surface area (Å²) in [4.78, 5) is 10.0. The smallest absolute Gasteiger partial charge is 0.123 e. The Balaban J connectivity index is 2.11. The van der Waals surface area contributed by atoms with Gasteiger partial charge in [0.15, 0.2) is 0 Å². The lowest BCUT2D eigenvalue weighted by Gasteiger charge is -2.30. The second kappa shape index (κ2) is 2.27. The first kappa shape index (κ1) is 5.76. The third-order valence-electron chi connectivity index (χ3n) is 1.78. The van der Waals surface area contributed by atoms with E-state index in [1.165, 1.54) is 0 Å². The van der Waals surface area contributed by atoms with Crippen LogP contribution < -0.4 is 5.32 Å². The van der Waals surface area contributed by atoms with E-state index in [2.05, 4.69) is 5.32 Å². The molecule has 2 heteroatoms. The van der Waals surface area contributed by atoms with Gasteiger partial charge in [0.1, 0.15) is 6.29 Å². The average molecular weight is 113 g/mol. The normalized spacial score (nSPS) is 36.1. The monoisotopic (exact) mass is 113 g/mol. The molecule has 1 aliphatic carbocycles. The summed E-state index contributed by atoms with van der Waals surface area (Å²) < 4.78 is 0. The molecule has 1 rings (SSSR count). The Kier molecular flexibility index (Phi) is 1.63. The van der Waals surface area contributed by atoms with E-state index < -0.39 is 0 Å². The zero-order chi connectivity index (χ0) is 5.98. The predicted molar refractivity (Wildman–Crippen MR) is 31.6 cm³/mol. The van der Waals surface area contributed by atoms with Crippen molar-refractivity contribution in [2.75, 3.05) is 7.05 Å². The lowest BCUT2D eigenvalue weighted by Crippen LogP contribution is -2.39. The zero-order valence-corrected chi connectivity index (χ0v) is 5.05. The molecule has 1 aliphatic rings. The SMILES string of the molecule is CNC1CC(C=O)C1. The Morgan fingerprint density at radius 2 is 2.25 bits per heavy atom. The fourth-order valence-electron chi connectivity index (χ4n) is 1.01. The van der Waals surface area contributed by atoms with Gasteiger partial charge < -0.3 is 10.1 Å². The minimum atomic E-state index is 0.354. The molecule has 0 bridgehead atoms. The quantitative estimate of drug-likeness (QED) is 0.518. The number of aldehydes is 1. The van der Waals surface area contributed by atoms with Crippen LogP contribution in [0.15, 0.2) is 0 Å². The Morgan fingerprint density at radius 1 is 1.62 bits per heavy atom. The van der Waals surface area contributed by atoms with Gasteiger partial charge in [0.2, 0.25) is 0 Å². The molecule has 0 spiro atoms. The fraction of sp³-hybridized carbons (Fsp3) is 0.833. The van der Waals surface area contributed by atoms with Crippen LogP contribution >= 0.6 is 0 Å². The highest BCUT2D eigenvalue weighted by Crippen LogP contribution is 2.24. The maximum absolute atomic E-state index is 10.0. The van der Waals surface area contributed by atoms with Crippen molar-refractivity contribution in [1.29, 1.82) is 0 Å². The van der Waals surface area contributed by atoms with Crippen molar-refractivity contribution < 1.29 is 4.79 Å². The van der Waals surface area contributed by atoms with Crippen molar-refractivity contribution >= 4 is 6.29 Å². The van der Waals surface area contributed by atoms with Crippen LogP contribution in [0.4, 0.5) is 0 Å². The molecule has 46 valence electrons. The van der Waals surface area contributed by atoms with Crippen LogP contribution in [0.1, 0.15) is 12.8 Å². The van der Waals surface area contributed by atoms with E-state index in [-0.39, 0.29) is 0 Å². The number of carbonyl (C=O) groups is 1. The highest BCUT2D eigenvalue weighted by Gasteiger charge is 2.26. The third-order valence-corrected chi connectivity index (χ3v) is 1.78. The summed E-state index contributed by atoms with van der Waals surface area (Å²) in [6.07, 6.45) is 3.13. The second-order valence-corrected chi connectivity index (χ2v) is 2.35. The van der Waals surface area contributed by atoms with Crippen LogP contribution in [-0.2, 0) is 4.79 Å². The summed E-state index contributed by atoms with van der Waals surface area (Å²) in [5.74, 6) is 0.354. The minimum absolute atomic E-state index is 0.354. The Hall–Kier alpha value is -0.370. The van der Waals surface area contributed by atoms with Gasteiger partial charge in [0, 0.05) is 12.0 Å². The van der Waals surface area contributed by atoms with Crippen LogP contribution in [0.3, 0.4) is 0 Å². The average Bonchev–Trinajstić information content (AvgIpc) is 1.65. The largest absolute Gasteiger partial charge is 0.317 e. The second-order valence-electron chi connectivity index (χ2n) is 2.35. The predicted octanol–water partition coefficient (Wildman–Crippen LogP) is 0.183. The van der Waals surface area contributed by atoms with Gasteiger partial charge in [-0.25, -0.2) is 0 Å². The molecule has 0 heterocycles. The van der Waals surface area contributed by atoms with E-state index in [9.17, 15) is 4.79 Å². The Labute approximate surface area is 49.3 Å². The summed E-state index contributed by atoms with van der Waals surface area (Å²) >= 11 is 0. The summed E-state index contributed by atoms with van der Waals surface area (Å²) in [6.45, 7) is 0. The van der Waals surface area contributed by atoms with Gasteiger partial charge in [-0.2, -0.15) is 0 Å². The highest BCUT2D eigenvalue weighted by atomic mass is 16.1. The van der Waals surface area contributed by atoms with Crippen molar-refractivity contribution in [3.8, 4) is 0 Å². The lowest BCUT2D eigenvalue weighted by atomic mass is 9.82. The number of carbonyl (C=O) groups excluding carboxylic acids is 1. The number of rotatable bonds is 2. The van der Waals surface area contributed by atoms with Gasteiger partial charge in [0.05, 0.1) is 0 Å². The Morgan fingerprint density at radius 3 is 2.62 bits per heavy atom. The zero-order valence-electron chi connectivity index (χ0n) is 5.05. The maximum atomic E-state index is 10.0. The van der Waals surface area contributed by atoms with Crippen molar-refractivity contribution in [2.24, 2.45) is 5.92 Å². The van der Waals surface area contributed by atoms with Gasteiger partial charge in [0.25, 0.3) is 0 Å². The molecule has 2 nitrogen and oxygen atoms in total. The molecule has 0 unspecified atom stereocenters. The van der Waals surface area contributed by atoms with Crippen molar-refractivity contribution in [3.63, 3.8) is 0 Å². The molecule has 1 N–H and O–H groups in total. The number of hydrogen-bond acceptors (Lipinski definition) is 2. The number of nitrogens with one attached hydrogen (secondary N) is 1. The summed E-state index contributed by atoms with van der Waals surface area (Å²) in [5, 5.41) is 3.11. The molecule has 8 heavy (non-hydrogen) atoms. The first-order chi connectivity index (χ1) is 3.86. The molecule has 0 radical (unpaired) electrons. The molecule has 1 fully saturated rings. The van der Waals surface area contributed by atoms with Crippen LogP contribution in [0.2, 0.25) is 0 Å². The van der Waals surface area contributed by atoms with E-state index in [1.807, 2.05) is 7.05 Å². The topological polar surface area (TPSA) is 29.1 Å². The van der Waals surface area contributed by atoms with Gasteiger partial charge in [-0.3, -0.25) is 0 Å². The van der Waals surface area contributed by atoms with Crippen LogP contribution in [-0.4, -0.2) is 19.4 Å². The van der Waals surface area contributed by atoms with Crippen molar-refractivity contribution in [1.82, 2.24) is 5.32 Å². The van der Waals surface area contributed by atoms with E-state index >= 15 is 0 Å². The van der Waals surface area contributed by atoms with E-state index in [1.54, 1.807) is 0 Å². The molecule has 0 amide bonds. The first-order valence-corrected chi connectivity index (χ1v) is 2.99. The molecular weight excluding hydrogens is 102 g/mol. The summed E-state index contributed by atoms with van der Waals surface area (Å²) in [6, 6.07) is 0.616. The van der Waals surface area contributed by atoms with Crippen LogP contribution in [0.5, 0.6) is 0 Å². The number of hydrogen-bond donors (Lipinski definition) is 1. The fourth-order valence-corrected chi connectivity index (χ4v) is 1.01. The molecule has 0 aromatic carbocycles. The lowest BCUT2D eigenvalue weighted by molar-refractivity contribution is -0.113. The van der Waals surface area contributed by atoms with Gasteiger partial charge >= 0.3 is 0 Å². The van der Waals surface area contributed by atoms with E-state index in [4.69, 9.17) is 0 Å². The summed E-state index contributed by atoms with van der Waals surface area (Å²) in [7, 11) is 1.94.